The molecule has 1 saturated carbocycles. The van der Waals surface area contributed by atoms with Crippen LogP contribution in [0.15, 0.2) is 0 Å². The number of hydrogen-bond acceptors (Lipinski definition) is 1. The molecule has 1 heteroatoms. The van der Waals surface area contributed by atoms with Crippen molar-refractivity contribution in [3.8, 4) is 0 Å². The van der Waals surface area contributed by atoms with Gasteiger partial charge in [0.25, 0.3) is 0 Å². The van der Waals surface area contributed by atoms with E-state index in [1.807, 2.05) is 0 Å². The fraction of sp³-hybridized carbons (Fsp3) is 1.00. The summed E-state index contributed by atoms with van der Waals surface area (Å²) in [5.74, 6) is 1.75. The number of rotatable bonds is 5. The maximum atomic E-state index is 3.77. The molecule has 14 heavy (non-hydrogen) atoms. The summed E-state index contributed by atoms with van der Waals surface area (Å²) >= 11 is 0. The second kappa shape index (κ2) is 5.75. The molecule has 0 amide bonds. The molecule has 0 radical (unpaired) electrons. The van der Waals surface area contributed by atoms with Gasteiger partial charge in [0.2, 0.25) is 0 Å². The molecule has 0 aliphatic heterocycles. The van der Waals surface area contributed by atoms with E-state index in [1.54, 1.807) is 0 Å². The minimum Gasteiger partial charge on any atom is -0.311 e. The molecule has 0 saturated heterocycles. The van der Waals surface area contributed by atoms with Crippen LogP contribution in [0, 0.1) is 11.8 Å². The van der Waals surface area contributed by atoms with Crippen LogP contribution in [-0.2, 0) is 0 Å². The Hall–Kier alpha value is -0.0400. The van der Waals surface area contributed by atoms with Crippen LogP contribution in [0.3, 0.4) is 0 Å². The normalized spacial score (nSPS) is 24.9. The summed E-state index contributed by atoms with van der Waals surface area (Å²) in [5, 5.41) is 3.77. The first kappa shape index (κ1) is 12.0. The lowest BCUT2D eigenvalue weighted by Gasteiger charge is -2.28. The highest BCUT2D eigenvalue weighted by Crippen LogP contribution is 2.28. The molecule has 0 spiro atoms. The Morgan fingerprint density at radius 2 is 1.71 bits per heavy atom. The van der Waals surface area contributed by atoms with Crippen molar-refractivity contribution in [2.24, 2.45) is 11.8 Å². The van der Waals surface area contributed by atoms with Crippen molar-refractivity contribution in [1.29, 1.82) is 0 Å². The van der Waals surface area contributed by atoms with Crippen molar-refractivity contribution in [1.82, 2.24) is 5.32 Å². The van der Waals surface area contributed by atoms with Gasteiger partial charge in [0, 0.05) is 12.1 Å². The van der Waals surface area contributed by atoms with Gasteiger partial charge in [0.1, 0.15) is 0 Å². The van der Waals surface area contributed by atoms with Gasteiger partial charge in [-0.15, -0.1) is 0 Å². The molecule has 0 bridgehead atoms. The quantitative estimate of drug-likeness (QED) is 0.710. The zero-order valence-corrected chi connectivity index (χ0v) is 10.3. The van der Waals surface area contributed by atoms with E-state index in [1.165, 1.54) is 32.1 Å². The topological polar surface area (TPSA) is 12.0 Å². The lowest BCUT2D eigenvalue weighted by atomic mass is 9.95. The highest BCUT2D eigenvalue weighted by atomic mass is 14.9. The molecule has 1 fully saturated rings. The first-order chi connectivity index (χ1) is 6.65. The Labute approximate surface area is 89.7 Å². The average molecular weight is 197 g/mol. The summed E-state index contributed by atoms with van der Waals surface area (Å²) in [6.45, 7) is 9.33. The smallest absolute Gasteiger partial charge is 0.00695 e. The van der Waals surface area contributed by atoms with E-state index in [0.717, 1.165) is 17.9 Å². The van der Waals surface area contributed by atoms with E-state index in [4.69, 9.17) is 0 Å². The number of nitrogens with one attached hydrogen (secondary N) is 1. The average Bonchev–Trinajstić information content (AvgIpc) is 2.69. The van der Waals surface area contributed by atoms with Crippen molar-refractivity contribution >= 4 is 0 Å². The fourth-order valence-corrected chi connectivity index (χ4v) is 2.53. The molecular weight excluding hydrogens is 170 g/mol. The summed E-state index contributed by atoms with van der Waals surface area (Å²) in [4.78, 5) is 0. The SMILES string of the molecule is CCC(C)C(C)NC(C)C1CCCC1. The minimum atomic E-state index is 0.676. The summed E-state index contributed by atoms with van der Waals surface area (Å²) in [7, 11) is 0. The maximum absolute atomic E-state index is 3.77. The largest absolute Gasteiger partial charge is 0.311 e. The van der Waals surface area contributed by atoms with E-state index in [2.05, 4.69) is 33.0 Å². The van der Waals surface area contributed by atoms with E-state index in [9.17, 15) is 0 Å². The third kappa shape index (κ3) is 3.27. The second-order valence-electron chi connectivity index (χ2n) is 5.17. The molecule has 0 aromatic carbocycles. The van der Waals surface area contributed by atoms with Gasteiger partial charge in [-0.05, 0) is 38.5 Å². The van der Waals surface area contributed by atoms with Crippen molar-refractivity contribution < 1.29 is 0 Å². The van der Waals surface area contributed by atoms with Crippen LogP contribution in [0.4, 0.5) is 0 Å². The Bertz CT molecular complexity index is 149. The van der Waals surface area contributed by atoms with Crippen LogP contribution in [0.2, 0.25) is 0 Å². The molecule has 0 aromatic rings. The van der Waals surface area contributed by atoms with Gasteiger partial charge in [-0.1, -0.05) is 33.1 Å². The van der Waals surface area contributed by atoms with Gasteiger partial charge in [-0.3, -0.25) is 0 Å². The number of hydrogen-bond donors (Lipinski definition) is 1. The van der Waals surface area contributed by atoms with E-state index in [-0.39, 0.29) is 0 Å². The van der Waals surface area contributed by atoms with Gasteiger partial charge in [0.15, 0.2) is 0 Å². The third-order valence-corrected chi connectivity index (χ3v) is 4.13. The van der Waals surface area contributed by atoms with Crippen LogP contribution in [0.5, 0.6) is 0 Å². The van der Waals surface area contributed by atoms with E-state index < -0.39 is 0 Å². The zero-order valence-electron chi connectivity index (χ0n) is 10.3. The highest BCUT2D eigenvalue weighted by Gasteiger charge is 2.23. The van der Waals surface area contributed by atoms with Crippen LogP contribution < -0.4 is 5.32 Å². The van der Waals surface area contributed by atoms with Gasteiger partial charge in [-0.25, -0.2) is 0 Å². The molecule has 1 nitrogen and oxygen atoms in total. The molecule has 3 unspecified atom stereocenters. The van der Waals surface area contributed by atoms with Gasteiger partial charge >= 0.3 is 0 Å². The lowest BCUT2D eigenvalue weighted by Crippen LogP contribution is -2.41. The van der Waals surface area contributed by atoms with Gasteiger partial charge in [-0.2, -0.15) is 0 Å². The molecule has 1 aliphatic carbocycles. The minimum absolute atomic E-state index is 0.676. The van der Waals surface area contributed by atoms with Gasteiger partial charge in [0.05, 0.1) is 0 Å². The Morgan fingerprint density at radius 3 is 2.21 bits per heavy atom. The Morgan fingerprint density at radius 1 is 1.14 bits per heavy atom. The molecule has 1 aliphatic rings. The predicted molar refractivity (Wildman–Crippen MR) is 63.5 cm³/mol. The highest BCUT2D eigenvalue weighted by molar-refractivity contribution is 4.80. The van der Waals surface area contributed by atoms with Crippen LogP contribution in [0.25, 0.3) is 0 Å². The standard InChI is InChI=1S/C13H27N/c1-5-10(2)11(3)14-12(4)13-8-6-7-9-13/h10-14H,5-9H2,1-4H3. The molecular formula is C13H27N. The van der Waals surface area contributed by atoms with Crippen molar-refractivity contribution in [3.63, 3.8) is 0 Å². The van der Waals surface area contributed by atoms with E-state index in [0.29, 0.717) is 6.04 Å². The molecule has 0 aromatic heterocycles. The van der Waals surface area contributed by atoms with Crippen LogP contribution in [-0.4, -0.2) is 12.1 Å². The van der Waals surface area contributed by atoms with E-state index >= 15 is 0 Å². The summed E-state index contributed by atoms with van der Waals surface area (Å²) in [6.07, 6.45) is 7.08. The van der Waals surface area contributed by atoms with Crippen molar-refractivity contribution in [2.75, 3.05) is 0 Å². The molecule has 0 heterocycles. The summed E-state index contributed by atoms with van der Waals surface area (Å²) < 4.78 is 0. The first-order valence-electron chi connectivity index (χ1n) is 6.41. The predicted octanol–water partition coefficient (Wildman–Crippen LogP) is 3.59. The second-order valence-corrected chi connectivity index (χ2v) is 5.17. The van der Waals surface area contributed by atoms with Crippen molar-refractivity contribution in [3.05, 3.63) is 0 Å². The molecule has 3 atom stereocenters. The Kier molecular flexibility index (Phi) is 4.94. The zero-order chi connectivity index (χ0) is 10.6. The monoisotopic (exact) mass is 197 g/mol. The van der Waals surface area contributed by atoms with Crippen molar-refractivity contribution in [2.45, 2.75) is 71.9 Å². The third-order valence-electron chi connectivity index (χ3n) is 4.13. The fourth-order valence-electron chi connectivity index (χ4n) is 2.53. The molecule has 1 rings (SSSR count). The van der Waals surface area contributed by atoms with Gasteiger partial charge < -0.3 is 5.32 Å². The Balaban J connectivity index is 2.27. The molecule has 1 N–H and O–H groups in total. The van der Waals surface area contributed by atoms with Crippen LogP contribution in [0.1, 0.15) is 59.8 Å². The maximum Gasteiger partial charge on any atom is 0.00695 e. The summed E-state index contributed by atoms with van der Waals surface area (Å²) in [5.41, 5.74) is 0. The first-order valence-corrected chi connectivity index (χ1v) is 6.41. The molecule has 84 valence electrons. The summed E-state index contributed by atoms with van der Waals surface area (Å²) in [6, 6.07) is 1.40. The van der Waals surface area contributed by atoms with Crippen LogP contribution >= 0.6 is 0 Å². The lowest BCUT2D eigenvalue weighted by molar-refractivity contribution is 0.299.